The van der Waals surface area contributed by atoms with Crippen molar-refractivity contribution in [3.63, 3.8) is 0 Å². The van der Waals surface area contributed by atoms with Crippen molar-refractivity contribution in [2.24, 2.45) is 0 Å². The van der Waals surface area contributed by atoms with Crippen molar-refractivity contribution in [3.8, 4) is 0 Å². The van der Waals surface area contributed by atoms with Crippen LogP contribution in [-0.2, 0) is 4.79 Å². The Kier molecular flexibility index (Phi) is 15.3. The van der Waals surface area contributed by atoms with E-state index in [1.54, 1.807) is 15.8 Å². The molecule has 0 rings (SSSR count). The Hall–Kier alpha value is 0.0129. The average molecular weight is 262 g/mol. The van der Waals surface area contributed by atoms with Gasteiger partial charge in [-0.1, -0.05) is 0 Å². The first kappa shape index (κ1) is 16.4. The molecule has 0 fully saturated rings. The predicted octanol–water partition coefficient (Wildman–Crippen LogP) is 3.80. The van der Waals surface area contributed by atoms with Gasteiger partial charge in [-0.25, -0.2) is 0 Å². The minimum atomic E-state index is -0.833. The first-order valence-electron chi connectivity index (χ1n) is 5.61. The molecule has 0 aromatic rings. The summed E-state index contributed by atoms with van der Waals surface area (Å²) in [6.07, 6.45) is 4.32. The number of carbonyl (C=O) groups is 1. The van der Waals surface area contributed by atoms with Gasteiger partial charge in [0.1, 0.15) is 0 Å². The van der Waals surface area contributed by atoms with Crippen molar-refractivity contribution in [3.05, 3.63) is 0 Å². The normalized spacial score (nSPS) is 9.50. The van der Waals surface area contributed by atoms with E-state index in [0.29, 0.717) is 0 Å². The molecule has 0 amide bonds. The molecule has 0 aliphatic rings. The van der Waals surface area contributed by atoms with Crippen molar-refractivity contribution in [2.45, 2.75) is 62.7 Å². The van der Waals surface area contributed by atoms with Gasteiger partial charge in [0.05, 0.1) is 0 Å². The summed E-state index contributed by atoms with van der Waals surface area (Å²) in [5.74, 6) is -0.833. The summed E-state index contributed by atoms with van der Waals surface area (Å²) in [4.78, 5) is 9.00. The van der Waals surface area contributed by atoms with E-state index >= 15 is 0 Å². The van der Waals surface area contributed by atoms with Gasteiger partial charge in [-0.3, -0.25) is 4.79 Å². The molecule has 0 aromatic heterocycles. The van der Waals surface area contributed by atoms with Gasteiger partial charge in [0.2, 0.25) is 0 Å². The zero-order chi connectivity index (χ0) is 11.4. The molecule has 0 saturated heterocycles. The van der Waals surface area contributed by atoms with Crippen molar-refractivity contribution < 1.29 is 9.90 Å². The van der Waals surface area contributed by atoms with E-state index in [1.165, 1.54) is 19.3 Å². The summed E-state index contributed by atoms with van der Waals surface area (Å²) < 4.78 is 0. The van der Waals surface area contributed by atoms with Crippen LogP contribution in [0.4, 0.5) is 0 Å². The second-order valence-electron chi connectivity index (χ2n) is 3.52. The van der Waals surface area contributed by atoms with Gasteiger partial charge >= 0.3 is 70.1 Å². The molecule has 1 radical (unpaired) electrons. The van der Waals surface area contributed by atoms with E-state index in [9.17, 15) is 0 Å². The monoisotopic (exact) mass is 263 g/mol. The molecule has 0 aromatic carbocycles. The van der Waals surface area contributed by atoms with Crippen molar-refractivity contribution in [1.29, 1.82) is 0 Å². The van der Waals surface area contributed by atoms with Gasteiger partial charge in [-0.15, -0.1) is 0 Å². The van der Waals surface area contributed by atoms with Crippen molar-refractivity contribution >= 4 is 20.3 Å². The molecule has 0 aliphatic carbocycles. The zero-order valence-electron chi connectivity index (χ0n) is 10.1. The van der Waals surface area contributed by atoms with Gasteiger partial charge < -0.3 is 5.11 Å². The van der Waals surface area contributed by atoms with Crippen LogP contribution in [0.5, 0.6) is 0 Å². The number of carboxylic acids is 1. The van der Waals surface area contributed by atoms with Crippen LogP contribution in [0.2, 0.25) is 15.8 Å². The molecule has 0 saturated carbocycles. The third kappa shape index (κ3) is 17.9. The number of hydrogen-bond donors (Lipinski definition) is 1. The molecule has 0 spiro atoms. The second kappa shape index (κ2) is 13.0. The fourth-order valence-corrected chi connectivity index (χ4v) is 7.46. The maximum atomic E-state index is 9.00. The first-order valence-corrected chi connectivity index (χ1v) is 10.1. The SMILES string of the molecule is CC(=O)O.CC[CH2][Ge]([CH2]CC)[CH2]CC. The standard InChI is InChI=1S/C9H21Ge.C2H4O2/c1-4-7-10(8-5-2)9-6-3;1-2(3)4/h4-9H2,1-3H3;1H3,(H,3,4). The summed E-state index contributed by atoms with van der Waals surface area (Å²) in [6, 6.07) is 0. The minimum absolute atomic E-state index is 0.486. The van der Waals surface area contributed by atoms with Crippen LogP contribution in [0, 0.1) is 0 Å². The Balaban J connectivity index is 0. The van der Waals surface area contributed by atoms with Crippen LogP contribution < -0.4 is 0 Å². The van der Waals surface area contributed by atoms with E-state index < -0.39 is 20.3 Å². The average Bonchev–Trinajstić information content (AvgIpc) is 2.04. The summed E-state index contributed by atoms with van der Waals surface area (Å²) >= 11 is -0.486. The van der Waals surface area contributed by atoms with Gasteiger partial charge in [-0.05, 0) is 0 Å². The van der Waals surface area contributed by atoms with Gasteiger partial charge in [0.25, 0.3) is 5.97 Å². The summed E-state index contributed by atoms with van der Waals surface area (Å²) in [5, 5.41) is 12.3. The van der Waals surface area contributed by atoms with E-state index in [-0.39, 0.29) is 0 Å². The quantitative estimate of drug-likeness (QED) is 0.739. The summed E-state index contributed by atoms with van der Waals surface area (Å²) in [5.41, 5.74) is 0. The topological polar surface area (TPSA) is 37.3 Å². The predicted molar refractivity (Wildman–Crippen MR) is 64.4 cm³/mol. The molecule has 3 heteroatoms. The fraction of sp³-hybridized carbons (Fsp3) is 0.909. The number of carboxylic acid groups (broad SMARTS) is 1. The zero-order valence-corrected chi connectivity index (χ0v) is 12.2. The van der Waals surface area contributed by atoms with Gasteiger partial charge in [0, 0.05) is 6.92 Å². The molecule has 0 bridgehead atoms. The van der Waals surface area contributed by atoms with Crippen LogP contribution in [0.3, 0.4) is 0 Å². The second-order valence-corrected chi connectivity index (χ2v) is 9.81. The Morgan fingerprint density at radius 3 is 1.36 bits per heavy atom. The molecule has 0 unspecified atom stereocenters. The Labute approximate surface area is 93.2 Å². The molecule has 1 N–H and O–H groups in total. The molecule has 0 heterocycles. The van der Waals surface area contributed by atoms with E-state index in [0.717, 1.165) is 6.92 Å². The van der Waals surface area contributed by atoms with E-state index in [2.05, 4.69) is 20.8 Å². The molecular formula is C11H25GeO2. The van der Waals surface area contributed by atoms with Crippen molar-refractivity contribution in [2.75, 3.05) is 0 Å². The van der Waals surface area contributed by atoms with Gasteiger partial charge in [0.15, 0.2) is 0 Å². The van der Waals surface area contributed by atoms with E-state index in [4.69, 9.17) is 9.90 Å². The van der Waals surface area contributed by atoms with Crippen LogP contribution in [0.1, 0.15) is 47.0 Å². The van der Waals surface area contributed by atoms with Crippen LogP contribution >= 0.6 is 0 Å². The fourth-order valence-electron chi connectivity index (χ4n) is 1.44. The number of aliphatic carboxylic acids is 1. The molecule has 2 nitrogen and oxygen atoms in total. The summed E-state index contributed by atoms with van der Waals surface area (Å²) in [6.45, 7) is 8.08. The molecule has 0 aliphatic heterocycles. The molecule has 0 atom stereocenters. The third-order valence-electron chi connectivity index (χ3n) is 1.81. The van der Waals surface area contributed by atoms with Crippen molar-refractivity contribution in [1.82, 2.24) is 0 Å². The number of rotatable bonds is 6. The van der Waals surface area contributed by atoms with E-state index in [1.807, 2.05) is 0 Å². The molecular weight excluding hydrogens is 237 g/mol. The van der Waals surface area contributed by atoms with Crippen LogP contribution in [0.25, 0.3) is 0 Å². The summed E-state index contributed by atoms with van der Waals surface area (Å²) in [7, 11) is 0. The Bertz CT molecular complexity index is 108. The first-order chi connectivity index (χ1) is 6.58. The maximum absolute atomic E-state index is 9.00. The molecule has 14 heavy (non-hydrogen) atoms. The Morgan fingerprint density at radius 1 is 1.00 bits per heavy atom. The van der Waals surface area contributed by atoms with Gasteiger partial charge in [-0.2, -0.15) is 0 Å². The van der Waals surface area contributed by atoms with Crippen LogP contribution in [-0.4, -0.2) is 25.4 Å². The molecule has 85 valence electrons. The van der Waals surface area contributed by atoms with Crippen LogP contribution in [0.15, 0.2) is 0 Å². The Morgan fingerprint density at radius 2 is 1.21 bits per heavy atom. The number of hydrogen-bond acceptors (Lipinski definition) is 1. The third-order valence-corrected chi connectivity index (χ3v) is 9.41.